The molecule has 0 heterocycles. The summed E-state index contributed by atoms with van der Waals surface area (Å²) < 4.78 is 10.9. The van der Waals surface area contributed by atoms with E-state index in [4.69, 9.17) is 14.7 Å². The quantitative estimate of drug-likeness (QED) is 0.768. The first-order valence-electron chi connectivity index (χ1n) is 6.91. The van der Waals surface area contributed by atoms with Crippen molar-refractivity contribution in [3.63, 3.8) is 0 Å². The third kappa shape index (κ3) is 5.41. The molecule has 24 heavy (non-hydrogen) atoms. The minimum Gasteiger partial charge on any atom is -0.481 e. The molecule has 0 saturated heterocycles. The molecule has 2 aromatic carbocycles. The number of carbonyl (C=O) groups excluding carboxylic acids is 2. The number of benzene rings is 2. The van der Waals surface area contributed by atoms with E-state index in [1.165, 1.54) is 0 Å². The van der Waals surface area contributed by atoms with Crippen molar-refractivity contribution in [2.24, 2.45) is 0 Å². The van der Waals surface area contributed by atoms with Crippen LogP contribution in [0.2, 0.25) is 0 Å². The molecule has 6 nitrogen and oxygen atoms in total. The zero-order valence-electron chi connectivity index (χ0n) is 12.5. The number of hydrogen-bond acceptors (Lipinski definition) is 5. The van der Waals surface area contributed by atoms with E-state index in [0.29, 0.717) is 11.3 Å². The van der Waals surface area contributed by atoms with E-state index in [2.05, 4.69) is 21.2 Å². The van der Waals surface area contributed by atoms with Gasteiger partial charge in [-0.2, -0.15) is 5.26 Å². The van der Waals surface area contributed by atoms with Crippen molar-refractivity contribution in [1.29, 1.82) is 5.26 Å². The molecular formula is C17H13BrN2O4. The van der Waals surface area contributed by atoms with Crippen LogP contribution in [-0.2, 0) is 14.3 Å². The molecule has 0 aliphatic carbocycles. The highest BCUT2D eigenvalue weighted by atomic mass is 79.9. The third-order valence-electron chi connectivity index (χ3n) is 2.85. The number of hydrogen-bond donors (Lipinski definition) is 1. The number of anilines is 1. The molecular weight excluding hydrogens is 376 g/mol. The number of nitriles is 1. The maximum atomic E-state index is 11.7. The normalized spacial score (nSPS) is 9.67. The SMILES string of the molecule is N#Cc1ccccc1OCC(=O)OCC(=O)Nc1ccc(Br)cc1. The molecule has 0 bridgehead atoms. The Bertz CT molecular complexity index is 769. The fourth-order valence-electron chi connectivity index (χ4n) is 1.74. The standard InChI is InChI=1S/C17H13BrN2O4/c18-13-5-7-14(8-6-13)20-16(21)10-24-17(22)11-23-15-4-2-1-3-12(15)9-19/h1-8H,10-11H2,(H,20,21). The summed E-state index contributed by atoms with van der Waals surface area (Å²) in [6.07, 6.45) is 0. The fourth-order valence-corrected chi connectivity index (χ4v) is 2.00. The van der Waals surface area contributed by atoms with Gasteiger partial charge >= 0.3 is 5.97 Å². The van der Waals surface area contributed by atoms with Crippen LogP contribution in [0, 0.1) is 11.3 Å². The molecule has 0 unspecified atom stereocenters. The minimum atomic E-state index is -0.700. The molecule has 2 aromatic rings. The van der Waals surface area contributed by atoms with Crippen LogP contribution in [0.1, 0.15) is 5.56 Å². The fraction of sp³-hybridized carbons (Fsp3) is 0.118. The number of nitrogens with one attached hydrogen (secondary N) is 1. The van der Waals surface area contributed by atoms with Crippen molar-refractivity contribution >= 4 is 33.5 Å². The number of halogens is 1. The number of para-hydroxylation sites is 1. The smallest absolute Gasteiger partial charge is 0.344 e. The Kier molecular flexibility index (Phi) is 6.34. The van der Waals surface area contributed by atoms with Crippen molar-refractivity contribution in [3.8, 4) is 11.8 Å². The molecule has 1 amide bonds. The molecule has 0 aromatic heterocycles. The van der Waals surface area contributed by atoms with Crippen molar-refractivity contribution < 1.29 is 19.1 Å². The molecule has 0 saturated carbocycles. The summed E-state index contributed by atoms with van der Waals surface area (Å²) in [5, 5.41) is 11.5. The van der Waals surface area contributed by atoms with Gasteiger partial charge in [-0.3, -0.25) is 4.79 Å². The van der Waals surface area contributed by atoms with Crippen LogP contribution in [0.15, 0.2) is 53.0 Å². The highest BCUT2D eigenvalue weighted by molar-refractivity contribution is 9.10. The largest absolute Gasteiger partial charge is 0.481 e. The van der Waals surface area contributed by atoms with Crippen LogP contribution < -0.4 is 10.1 Å². The summed E-state index contributed by atoms with van der Waals surface area (Å²) in [5.41, 5.74) is 0.914. The van der Waals surface area contributed by atoms with Gasteiger partial charge in [0.1, 0.15) is 11.8 Å². The monoisotopic (exact) mass is 388 g/mol. The Morgan fingerprint density at radius 1 is 1.08 bits per heavy atom. The molecule has 0 aliphatic heterocycles. The summed E-state index contributed by atoms with van der Waals surface area (Å²) in [6.45, 7) is -0.803. The Morgan fingerprint density at radius 3 is 2.50 bits per heavy atom. The van der Waals surface area contributed by atoms with Crippen LogP contribution in [0.25, 0.3) is 0 Å². The molecule has 0 aliphatic rings. The van der Waals surface area contributed by atoms with Crippen molar-refractivity contribution in [2.45, 2.75) is 0 Å². The van der Waals surface area contributed by atoms with Gasteiger partial charge in [-0.1, -0.05) is 28.1 Å². The molecule has 0 spiro atoms. The molecule has 1 N–H and O–H groups in total. The lowest BCUT2D eigenvalue weighted by Crippen LogP contribution is -2.23. The number of esters is 1. The van der Waals surface area contributed by atoms with Gasteiger partial charge in [0.2, 0.25) is 0 Å². The number of rotatable bonds is 6. The van der Waals surface area contributed by atoms with Crippen LogP contribution in [-0.4, -0.2) is 25.1 Å². The van der Waals surface area contributed by atoms with Gasteiger partial charge in [-0.25, -0.2) is 4.79 Å². The van der Waals surface area contributed by atoms with Crippen molar-refractivity contribution in [2.75, 3.05) is 18.5 Å². The first kappa shape index (κ1) is 17.5. The third-order valence-corrected chi connectivity index (χ3v) is 3.37. The van der Waals surface area contributed by atoms with E-state index in [1.807, 2.05) is 6.07 Å². The first-order valence-corrected chi connectivity index (χ1v) is 7.71. The van der Waals surface area contributed by atoms with Gasteiger partial charge in [0, 0.05) is 10.2 Å². The maximum Gasteiger partial charge on any atom is 0.344 e. The predicted molar refractivity (Wildman–Crippen MR) is 90.4 cm³/mol. The maximum absolute atomic E-state index is 11.7. The second-order valence-electron chi connectivity index (χ2n) is 4.61. The van der Waals surface area contributed by atoms with Crippen molar-refractivity contribution in [1.82, 2.24) is 0 Å². The first-order chi connectivity index (χ1) is 11.6. The minimum absolute atomic E-state index is 0.288. The van der Waals surface area contributed by atoms with Gasteiger partial charge in [0.05, 0.1) is 5.56 Å². The zero-order valence-corrected chi connectivity index (χ0v) is 14.1. The summed E-state index contributed by atoms with van der Waals surface area (Å²) in [6, 6.07) is 15.5. The average Bonchev–Trinajstić information content (AvgIpc) is 2.60. The van der Waals surface area contributed by atoms with E-state index in [-0.39, 0.29) is 12.4 Å². The summed E-state index contributed by atoms with van der Waals surface area (Å²) in [4.78, 5) is 23.3. The van der Waals surface area contributed by atoms with Crippen molar-refractivity contribution in [3.05, 3.63) is 58.6 Å². The van der Waals surface area contributed by atoms with Gasteiger partial charge in [0.15, 0.2) is 13.2 Å². The second kappa shape index (κ2) is 8.70. The number of ether oxygens (including phenoxy) is 2. The lowest BCUT2D eigenvalue weighted by Gasteiger charge is -2.08. The average molecular weight is 389 g/mol. The number of carbonyl (C=O) groups is 2. The van der Waals surface area contributed by atoms with E-state index >= 15 is 0 Å². The predicted octanol–water partition coefficient (Wildman–Crippen LogP) is 2.88. The Balaban J connectivity index is 1.75. The molecule has 0 atom stereocenters. The van der Waals surface area contributed by atoms with Gasteiger partial charge in [-0.05, 0) is 36.4 Å². The lowest BCUT2D eigenvalue weighted by molar-refractivity contribution is -0.149. The van der Waals surface area contributed by atoms with E-state index in [9.17, 15) is 9.59 Å². The van der Waals surface area contributed by atoms with E-state index < -0.39 is 18.5 Å². The Labute approximate surface area is 147 Å². The Morgan fingerprint density at radius 2 is 1.79 bits per heavy atom. The van der Waals surface area contributed by atoms with Gasteiger partial charge < -0.3 is 14.8 Å². The molecule has 0 fully saturated rings. The second-order valence-corrected chi connectivity index (χ2v) is 5.53. The van der Waals surface area contributed by atoms with Crippen LogP contribution in [0.4, 0.5) is 5.69 Å². The summed E-state index contributed by atoms with van der Waals surface area (Å²) >= 11 is 3.29. The summed E-state index contributed by atoms with van der Waals surface area (Å²) in [5.74, 6) is -0.868. The molecule has 7 heteroatoms. The van der Waals surface area contributed by atoms with E-state index in [0.717, 1.165) is 4.47 Å². The van der Waals surface area contributed by atoms with Crippen LogP contribution >= 0.6 is 15.9 Å². The molecule has 0 radical (unpaired) electrons. The zero-order chi connectivity index (χ0) is 17.4. The highest BCUT2D eigenvalue weighted by Crippen LogP contribution is 2.16. The lowest BCUT2D eigenvalue weighted by atomic mass is 10.2. The van der Waals surface area contributed by atoms with E-state index in [1.54, 1.807) is 48.5 Å². The van der Waals surface area contributed by atoms with Crippen LogP contribution in [0.3, 0.4) is 0 Å². The highest BCUT2D eigenvalue weighted by Gasteiger charge is 2.10. The number of amides is 1. The molecule has 2 rings (SSSR count). The van der Waals surface area contributed by atoms with Gasteiger partial charge in [-0.15, -0.1) is 0 Å². The van der Waals surface area contributed by atoms with Gasteiger partial charge in [0.25, 0.3) is 5.91 Å². The Hall–Kier alpha value is -2.85. The summed E-state index contributed by atoms with van der Waals surface area (Å²) in [7, 11) is 0. The van der Waals surface area contributed by atoms with Crippen LogP contribution in [0.5, 0.6) is 5.75 Å². The number of nitrogens with zero attached hydrogens (tertiary/aromatic N) is 1. The molecule has 122 valence electrons. The topological polar surface area (TPSA) is 88.4 Å².